The highest BCUT2D eigenvalue weighted by Crippen LogP contribution is 2.19. The number of carbonyl (C=O) groups is 3. The van der Waals surface area contributed by atoms with Gasteiger partial charge in [-0.3, -0.25) is 9.69 Å². The highest BCUT2D eigenvalue weighted by atomic mass is 79.9. The SMILES string of the molecule is O=C(O)C(=O)O.O=C(c1cccc(Cl)c1)N1CCN(Cc2ccccc2Br)CC1. The zero-order chi connectivity index (χ0) is 21.4. The Morgan fingerprint density at radius 2 is 1.55 bits per heavy atom. The van der Waals surface area contributed by atoms with Gasteiger partial charge < -0.3 is 15.1 Å². The first kappa shape index (κ1) is 22.9. The van der Waals surface area contributed by atoms with E-state index in [1.165, 1.54) is 5.56 Å². The molecular weight excluding hydrogens is 464 g/mol. The van der Waals surface area contributed by atoms with Crippen molar-refractivity contribution < 1.29 is 24.6 Å². The molecule has 0 atom stereocenters. The van der Waals surface area contributed by atoms with Gasteiger partial charge in [0.2, 0.25) is 0 Å². The number of nitrogens with zero attached hydrogens (tertiary/aromatic N) is 2. The molecule has 7 nitrogen and oxygen atoms in total. The van der Waals surface area contributed by atoms with Crippen LogP contribution in [0.2, 0.25) is 5.02 Å². The van der Waals surface area contributed by atoms with Gasteiger partial charge in [0.05, 0.1) is 0 Å². The average molecular weight is 484 g/mol. The van der Waals surface area contributed by atoms with Crippen LogP contribution >= 0.6 is 27.5 Å². The molecule has 0 saturated carbocycles. The van der Waals surface area contributed by atoms with Crippen LogP contribution in [0, 0.1) is 0 Å². The minimum atomic E-state index is -1.82. The third kappa shape index (κ3) is 7.16. The molecule has 29 heavy (non-hydrogen) atoms. The maximum atomic E-state index is 12.5. The van der Waals surface area contributed by atoms with Crippen LogP contribution in [0.1, 0.15) is 15.9 Å². The van der Waals surface area contributed by atoms with Crippen molar-refractivity contribution in [1.29, 1.82) is 0 Å². The Kier molecular flexibility index (Phi) is 8.63. The van der Waals surface area contributed by atoms with Crippen molar-refractivity contribution in [3.63, 3.8) is 0 Å². The second kappa shape index (κ2) is 10.9. The molecule has 2 aromatic carbocycles. The standard InChI is InChI=1S/C18H18BrClN2O.C2H2O4/c19-17-7-2-1-4-15(17)13-21-8-10-22(11-9-21)18(23)14-5-3-6-16(20)12-14;3-1(4)2(5)6/h1-7,12H,8-11,13H2;(H,3,4)(H,5,6). The molecule has 0 spiro atoms. The van der Waals surface area contributed by atoms with E-state index in [4.69, 9.17) is 31.4 Å². The molecule has 1 amide bonds. The van der Waals surface area contributed by atoms with Gasteiger partial charge in [0.15, 0.2) is 0 Å². The van der Waals surface area contributed by atoms with Crippen LogP contribution in [0.4, 0.5) is 0 Å². The normalized spacial score (nSPS) is 13.9. The molecule has 1 saturated heterocycles. The van der Waals surface area contributed by atoms with Gasteiger partial charge in [-0.05, 0) is 29.8 Å². The first-order valence-corrected chi connectivity index (χ1v) is 9.92. The number of hydrogen-bond acceptors (Lipinski definition) is 4. The van der Waals surface area contributed by atoms with Gasteiger partial charge in [-0.15, -0.1) is 0 Å². The molecule has 1 heterocycles. The zero-order valence-electron chi connectivity index (χ0n) is 15.4. The Hall–Kier alpha value is -2.42. The Bertz CT molecular complexity index is 873. The second-order valence-electron chi connectivity index (χ2n) is 6.28. The Morgan fingerprint density at radius 3 is 2.10 bits per heavy atom. The van der Waals surface area contributed by atoms with Crippen molar-refractivity contribution in [2.45, 2.75) is 6.54 Å². The lowest BCUT2D eigenvalue weighted by Gasteiger charge is -2.35. The topological polar surface area (TPSA) is 98.1 Å². The monoisotopic (exact) mass is 482 g/mol. The lowest BCUT2D eigenvalue weighted by Crippen LogP contribution is -2.48. The van der Waals surface area contributed by atoms with Crippen LogP contribution < -0.4 is 0 Å². The molecular formula is C20H20BrClN2O5. The summed E-state index contributed by atoms with van der Waals surface area (Å²) in [4.78, 5) is 35.0. The largest absolute Gasteiger partial charge is 0.473 e. The molecule has 0 radical (unpaired) electrons. The summed E-state index contributed by atoms with van der Waals surface area (Å²) < 4.78 is 1.14. The molecule has 3 rings (SSSR count). The summed E-state index contributed by atoms with van der Waals surface area (Å²) in [7, 11) is 0. The van der Waals surface area contributed by atoms with E-state index in [9.17, 15) is 4.79 Å². The van der Waals surface area contributed by atoms with Crippen molar-refractivity contribution in [2.75, 3.05) is 26.2 Å². The summed E-state index contributed by atoms with van der Waals surface area (Å²) in [5.41, 5.74) is 1.94. The van der Waals surface area contributed by atoms with Crippen LogP contribution in [-0.4, -0.2) is 64.0 Å². The third-order valence-electron chi connectivity index (χ3n) is 4.27. The second-order valence-corrected chi connectivity index (χ2v) is 7.57. The molecule has 0 bridgehead atoms. The van der Waals surface area contributed by atoms with E-state index >= 15 is 0 Å². The van der Waals surface area contributed by atoms with Crippen LogP contribution in [-0.2, 0) is 16.1 Å². The molecule has 0 aromatic heterocycles. The summed E-state index contributed by atoms with van der Waals surface area (Å²) in [6.45, 7) is 4.16. The fourth-order valence-electron chi connectivity index (χ4n) is 2.78. The fourth-order valence-corrected chi connectivity index (χ4v) is 3.38. The third-order valence-corrected chi connectivity index (χ3v) is 5.27. The Balaban J connectivity index is 0.000000438. The van der Waals surface area contributed by atoms with E-state index < -0.39 is 11.9 Å². The maximum absolute atomic E-state index is 12.5. The molecule has 2 aromatic rings. The van der Waals surface area contributed by atoms with E-state index in [0.717, 1.165) is 37.2 Å². The van der Waals surface area contributed by atoms with Gasteiger partial charge in [0.1, 0.15) is 0 Å². The molecule has 2 N–H and O–H groups in total. The van der Waals surface area contributed by atoms with Crippen molar-refractivity contribution in [2.24, 2.45) is 0 Å². The number of carboxylic acids is 2. The number of rotatable bonds is 3. The number of piperazine rings is 1. The number of hydrogen-bond donors (Lipinski definition) is 2. The molecule has 0 aliphatic carbocycles. The van der Waals surface area contributed by atoms with Crippen molar-refractivity contribution in [3.8, 4) is 0 Å². The van der Waals surface area contributed by atoms with Gasteiger partial charge in [-0.1, -0.05) is 51.8 Å². The molecule has 0 unspecified atom stereocenters. The van der Waals surface area contributed by atoms with Crippen LogP contribution in [0.15, 0.2) is 53.0 Å². The van der Waals surface area contributed by atoms with E-state index in [2.05, 4.69) is 39.0 Å². The lowest BCUT2D eigenvalue weighted by atomic mass is 10.1. The highest BCUT2D eigenvalue weighted by Gasteiger charge is 2.22. The Labute approximate surface area is 181 Å². The molecule has 1 fully saturated rings. The lowest BCUT2D eigenvalue weighted by molar-refractivity contribution is -0.159. The molecule has 154 valence electrons. The smallest absolute Gasteiger partial charge is 0.414 e. The molecule has 1 aliphatic rings. The van der Waals surface area contributed by atoms with E-state index in [1.54, 1.807) is 12.1 Å². The van der Waals surface area contributed by atoms with Crippen molar-refractivity contribution in [1.82, 2.24) is 9.80 Å². The number of carbonyl (C=O) groups excluding carboxylic acids is 1. The summed E-state index contributed by atoms with van der Waals surface area (Å²) in [6, 6.07) is 15.4. The first-order chi connectivity index (χ1) is 13.8. The average Bonchev–Trinajstić information content (AvgIpc) is 2.70. The van der Waals surface area contributed by atoms with Crippen molar-refractivity contribution in [3.05, 3.63) is 69.2 Å². The molecule has 9 heteroatoms. The first-order valence-electron chi connectivity index (χ1n) is 8.74. The van der Waals surface area contributed by atoms with Gasteiger partial charge in [0.25, 0.3) is 5.91 Å². The Morgan fingerprint density at radius 1 is 0.931 bits per heavy atom. The van der Waals surface area contributed by atoms with E-state index in [0.29, 0.717) is 10.6 Å². The minimum Gasteiger partial charge on any atom is -0.473 e. The van der Waals surface area contributed by atoms with Crippen LogP contribution in [0.3, 0.4) is 0 Å². The summed E-state index contributed by atoms with van der Waals surface area (Å²) in [5.74, 6) is -3.59. The highest BCUT2D eigenvalue weighted by molar-refractivity contribution is 9.10. The number of aliphatic carboxylic acids is 2. The summed E-state index contributed by atoms with van der Waals surface area (Å²) >= 11 is 9.56. The number of halogens is 2. The number of amides is 1. The van der Waals surface area contributed by atoms with E-state index in [1.807, 2.05) is 23.1 Å². The minimum absolute atomic E-state index is 0.0630. The number of carboxylic acid groups (broad SMARTS) is 2. The van der Waals surface area contributed by atoms with Gasteiger partial charge in [-0.2, -0.15) is 0 Å². The predicted molar refractivity (Wildman–Crippen MR) is 112 cm³/mol. The number of benzene rings is 2. The van der Waals surface area contributed by atoms with Crippen LogP contribution in [0.25, 0.3) is 0 Å². The van der Waals surface area contributed by atoms with Gasteiger partial charge in [-0.25, -0.2) is 9.59 Å². The maximum Gasteiger partial charge on any atom is 0.414 e. The van der Waals surface area contributed by atoms with Gasteiger partial charge >= 0.3 is 11.9 Å². The van der Waals surface area contributed by atoms with Crippen molar-refractivity contribution >= 4 is 45.4 Å². The zero-order valence-corrected chi connectivity index (χ0v) is 17.8. The molecule has 1 aliphatic heterocycles. The van der Waals surface area contributed by atoms with E-state index in [-0.39, 0.29) is 5.91 Å². The van der Waals surface area contributed by atoms with Crippen LogP contribution in [0.5, 0.6) is 0 Å². The fraction of sp³-hybridized carbons (Fsp3) is 0.250. The quantitative estimate of drug-likeness (QED) is 0.651. The summed E-state index contributed by atoms with van der Waals surface area (Å²) in [6.07, 6.45) is 0. The van der Waals surface area contributed by atoms with Gasteiger partial charge in [0, 0.05) is 47.8 Å². The summed E-state index contributed by atoms with van der Waals surface area (Å²) in [5, 5.41) is 15.4. The predicted octanol–water partition coefficient (Wildman–Crippen LogP) is 3.22.